The first-order chi connectivity index (χ1) is 13.1. The van der Waals surface area contributed by atoms with Crippen molar-refractivity contribution in [1.82, 2.24) is 10.5 Å². The number of hydrogen-bond donors (Lipinski definition) is 2. The van der Waals surface area contributed by atoms with Gasteiger partial charge in [0.15, 0.2) is 5.84 Å². The van der Waals surface area contributed by atoms with Crippen LogP contribution < -0.4 is 10.2 Å². The summed E-state index contributed by atoms with van der Waals surface area (Å²) in [5.41, 5.74) is 4.87. The molecule has 0 saturated carbocycles. The van der Waals surface area contributed by atoms with Crippen molar-refractivity contribution in [2.45, 2.75) is 13.5 Å². The van der Waals surface area contributed by atoms with Gasteiger partial charge in [0.2, 0.25) is 5.88 Å². The minimum atomic E-state index is -0.527. The van der Waals surface area contributed by atoms with Crippen LogP contribution in [0, 0.1) is 12.7 Å². The smallest absolute Gasteiger partial charge is 0.219 e. The number of hydroxylamine groups is 1. The van der Waals surface area contributed by atoms with Crippen molar-refractivity contribution in [3.8, 4) is 11.6 Å². The monoisotopic (exact) mass is 385 g/mol. The number of aryl methyl sites for hydroxylation is 1. The molecule has 0 unspecified atom stereocenters. The number of benzene rings is 2. The largest absolute Gasteiger partial charge is 0.439 e. The Kier molecular flexibility index (Phi) is 6.01. The molecule has 0 atom stereocenters. The van der Waals surface area contributed by atoms with Gasteiger partial charge in [0.05, 0.1) is 11.6 Å². The number of halogens is 2. The van der Waals surface area contributed by atoms with Crippen molar-refractivity contribution in [1.29, 1.82) is 0 Å². The summed E-state index contributed by atoms with van der Waals surface area (Å²) in [4.78, 5) is 8.53. The highest BCUT2D eigenvalue weighted by molar-refractivity contribution is 6.30. The molecule has 5 nitrogen and oxygen atoms in total. The molecule has 0 aliphatic rings. The molecule has 3 rings (SSSR count). The molecule has 7 heteroatoms. The molecule has 138 valence electrons. The molecule has 3 aromatic rings. The van der Waals surface area contributed by atoms with Crippen molar-refractivity contribution in [2.24, 2.45) is 4.99 Å². The predicted molar refractivity (Wildman–Crippen MR) is 102 cm³/mol. The Labute approximate surface area is 161 Å². The van der Waals surface area contributed by atoms with Gasteiger partial charge in [-0.15, -0.1) is 0 Å². The Bertz CT molecular complexity index is 979. The topological polar surface area (TPSA) is 66.7 Å². The summed E-state index contributed by atoms with van der Waals surface area (Å²) in [5, 5.41) is 9.43. The predicted octanol–water partition coefficient (Wildman–Crippen LogP) is 4.90. The van der Waals surface area contributed by atoms with Gasteiger partial charge >= 0.3 is 0 Å². The highest BCUT2D eigenvalue weighted by atomic mass is 35.5. The molecule has 0 aliphatic carbocycles. The Morgan fingerprint density at radius 1 is 1.22 bits per heavy atom. The van der Waals surface area contributed by atoms with E-state index in [4.69, 9.17) is 16.3 Å². The lowest BCUT2D eigenvalue weighted by Gasteiger charge is -2.09. The SMILES string of the molecule is Cc1ccccc1CN=C(NO)c1ccnc(Oc2ccc(F)c(Cl)c2)c1. The van der Waals surface area contributed by atoms with E-state index in [1.54, 1.807) is 12.1 Å². The van der Waals surface area contributed by atoms with Crippen LogP contribution in [0.15, 0.2) is 65.8 Å². The van der Waals surface area contributed by atoms with E-state index in [1.807, 2.05) is 31.2 Å². The maximum Gasteiger partial charge on any atom is 0.219 e. The second kappa shape index (κ2) is 8.62. The zero-order valence-electron chi connectivity index (χ0n) is 14.5. The highest BCUT2D eigenvalue weighted by Gasteiger charge is 2.08. The summed E-state index contributed by atoms with van der Waals surface area (Å²) in [6.07, 6.45) is 1.52. The molecule has 0 bridgehead atoms. The maximum absolute atomic E-state index is 13.3. The summed E-state index contributed by atoms with van der Waals surface area (Å²) < 4.78 is 18.9. The first kappa shape index (κ1) is 18.8. The minimum Gasteiger partial charge on any atom is -0.439 e. The van der Waals surface area contributed by atoms with Gasteiger partial charge < -0.3 is 4.74 Å². The van der Waals surface area contributed by atoms with Gasteiger partial charge in [-0.2, -0.15) is 0 Å². The number of ether oxygens (including phenoxy) is 1. The molecule has 1 aromatic heterocycles. The lowest BCUT2D eigenvalue weighted by Crippen LogP contribution is -2.20. The van der Waals surface area contributed by atoms with E-state index < -0.39 is 5.82 Å². The summed E-state index contributed by atoms with van der Waals surface area (Å²) in [7, 11) is 0. The minimum absolute atomic E-state index is 0.0406. The van der Waals surface area contributed by atoms with Crippen LogP contribution in [0.4, 0.5) is 4.39 Å². The molecular formula is C20H17ClFN3O2. The highest BCUT2D eigenvalue weighted by Crippen LogP contribution is 2.25. The van der Waals surface area contributed by atoms with Crippen molar-refractivity contribution in [3.05, 3.63) is 88.3 Å². The van der Waals surface area contributed by atoms with Gasteiger partial charge in [-0.25, -0.2) is 9.37 Å². The van der Waals surface area contributed by atoms with E-state index in [-0.39, 0.29) is 16.7 Å². The van der Waals surface area contributed by atoms with E-state index in [0.29, 0.717) is 17.9 Å². The summed E-state index contributed by atoms with van der Waals surface area (Å²) in [5.74, 6) is 0.360. The molecule has 0 aliphatic heterocycles. The third-order valence-electron chi connectivity index (χ3n) is 3.90. The molecule has 0 spiro atoms. The van der Waals surface area contributed by atoms with Gasteiger partial charge in [0.1, 0.15) is 11.6 Å². The first-order valence-electron chi connectivity index (χ1n) is 8.15. The van der Waals surface area contributed by atoms with E-state index in [9.17, 15) is 9.60 Å². The second-order valence-corrected chi connectivity index (χ2v) is 6.17. The van der Waals surface area contributed by atoms with Crippen LogP contribution in [0.25, 0.3) is 0 Å². The molecule has 0 radical (unpaired) electrons. The molecular weight excluding hydrogens is 369 g/mol. The van der Waals surface area contributed by atoms with Crippen molar-refractivity contribution < 1.29 is 14.3 Å². The maximum atomic E-state index is 13.3. The summed E-state index contributed by atoms with van der Waals surface area (Å²) in [6.45, 7) is 2.41. The van der Waals surface area contributed by atoms with Crippen LogP contribution in [-0.2, 0) is 6.54 Å². The number of nitrogens with one attached hydrogen (secondary N) is 1. The van der Waals surface area contributed by atoms with Crippen LogP contribution in [0.1, 0.15) is 16.7 Å². The fourth-order valence-electron chi connectivity index (χ4n) is 2.42. The molecule has 0 saturated heterocycles. The quantitative estimate of drug-likeness (QED) is 0.372. The molecule has 0 fully saturated rings. The third kappa shape index (κ3) is 4.81. The number of pyridine rings is 1. The standard InChI is InChI=1S/C20H17ClFN3O2/c1-13-4-2-3-5-15(13)12-24-20(25-26)14-8-9-23-19(10-14)27-16-6-7-18(22)17(21)11-16/h2-11,26H,12H2,1H3,(H,24,25). The van der Waals surface area contributed by atoms with E-state index >= 15 is 0 Å². The number of amidine groups is 1. The average molecular weight is 386 g/mol. The van der Waals surface area contributed by atoms with Crippen LogP contribution in [-0.4, -0.2) is 16.0 Å². The fourth-order valence-corrected chi connectivity index (χ4v) is 2.59. The fraction of sp³-hybridized carbons (Fsp3) is 0.100. The van der Waals surface area contributed by atoms with Gasteiger partial charge in [-0.3, -0.25) is 15.7 Å². The molecule has 2 N–H and O–H groups in total. The van der Waals surface area contributed by atoms with Gasteiger partial charge in [-0.05, 0) is 36.2 Å². The zero-order chi connectivity index (χ0) is 19.2. The first-order valence-corrected chi connectivity index (χ1v) is 8.53. The number of rotatable bonds is 5. The van der Waals surface area contributed by atoms with E-state index in [2.05, 4.69) is 15.5 Å². The molecule has 1 heterocycles. The second-order valence-electron chi connectivity index (χ2n) is 5.76. The normalized spacial score (nSPS) is 11.3. The Morgan fingerprint density at radius 3 is 2.78 bits per heavy atom. The lowest BCUT2D eigenvalue weighted by atomic mass is 10.1. The summed E-state index contributed by atoms with van der Waals surface area (Å²) >= 11 is 5.76. The lowest BCUT2D eigenvalue weighted by molar-refractivity contribution is 0.234. The Hall–Kier alpha value is -2.96. The molecule has 2 aromatic carbocycles. The third-order valence-corrected chi connectivity index (χ3v) is 4.19. The van der Waals surface area contributed by atoms with E-state index in [0.717, 1.165) is 11.1 Å². The number of nitrogens with zero attached hydrogens (tertiary/aromatic N) is 2. The number of aliphatic imine (C=N–C) groups is 1. The van der Waals surface area contributed by atoms with Crippen LogP contribution in [0.2, 0.25) is 5.02 Å². The molecule has 0 amide bonds. The van der Waals surface area contributed by atoms with E-state index in [1.165, 1.54) is 24.4 Å². The number of hydrogen-bond acceptors (Lipinski definition) is 4. The van der Waals surface area contributed by atoms with Crippen LogP contribution >= 0.6 is 11.6 Å². The van der Waals surface area contributed by atoms with Crippen molar-refractivity contribution in [3.63, 3.8) is 0 Å². The molecule has 27 heavy (non-hydrogen) atoms. The van der Waals surface area contributed by atoms with Crippen molar-refractivity contribution in [2.75, 3.05) is 0 Å². The summed E-state index contributed by atoms with van der Waals surface area (Å²) in [6, 6.07) is 15.2. The van der Waals surface area contributed by atoms with Gasteiger partial charge in [0, 0.05) is 23.9 Å². The van der Waals surface area contributed by atoms with Crippen molar-refractivity contribution >= 4 is 17.4 Å². The van der Waals surface area contributed by atoms with Gasteiger partial charge in [-0.1, -0.05) is 35.9 Å². The number of aromatic nitrogens is 1. The van der Waals surface area contributed by atoms with Gasteiger partial charge in [0.25, 0.3) is 0 Å². The Balaban J connectivity index is 1.81. The van der Waals surface area contributed by atoms with Crippen LogP contribution in [0.5, 0.6) is 11.6 Å². The zero-order valence-corrected chi connectivity index (χ0v) is 15.2. The van der Waals surface area contributed by atoms with Crippen LogP contribution in [0.3, 0.4) is 0 Å². The average Bonchev–Trinajstić information content (AvgIpc) is 2.67. The Morgan fingerprint density at radius 2 is 2.04 bits per heavy atom.